The molecule has 1 saturated heterocycles. The van der Waals surface area contributed by atoms with Crippen molar-refractivity contribution < 1.29 is 9.90 Å². The van der Waals surface area contributed by atoms with Crippen LogP contribution in [0.15, 0.2) is 42.0 Å². The molecular weight excluding hydrogens is 250 g/mol. The molecule has 0 aromatic heterocycles. The van der Waals surface area contributed by atoms with Crippen LogP contribution in [0.5, 0.6) is 0 Å². The van der Waals surface area contributed by atoms with Crippen molar-refractivity contribution in [2.24, 2.45) is 5.92 Å². The average Bonchev–Trinajstić information content (AvgIpc) is 2.47. The zero-order valence-corrected chi connectivity index (χ0v) is 12.2. The predicted octanol–water partition coefficient (Wildman–Crippen LogP) is 2.92. The Hall–Kier alpha value is -1.61. The van der Waals surface area contributed by atoms with Gasteiger partial charge in [0.05, 0.1) is 6.10 Å². The molecule has 0 spiro atoms. The van der Waals surface area contributed by atoms with Crippen LogP contribution < -0.4 is 0 Å². The van der Waals surface area contributed by atoms with Crippen LogP contribution in [-0.4, -0.2) is 29.0 Å². The molecule has 1 aromatic rings. The first-order valence-corrected chi connectivity index (χ1v) is 7.24. The maximum absolute atomic E-state index is 11.9. The number of allylic oxidation sites excluding steroid dienone is 1. The van der Waals surface area contributed by atoms with Gasteiger partial charge in [0.25, 0.3) is 0 Å². The number of hydrogen-bond acceptors (Lipinski definition) is 2. The third kappa shape index (κ3) is 3.70. The van der Waals surface area contributed by atoms with E-state index in [1.165, 1.54) is 0 Å². The fourth-order valence-electron chi connectivity index (χ4n) is 2.70. The smallest absolute Gasteiger partial charge is 0.246 e. The second-order valence-corrected chi connectivity index (χ2v) is 5.74. The molecule has 0 aliphatic carbocycles. The Morgan fingerprint density at radius 3 is 2.40 bits per heavy atom. The van der Waals surface area contributed by atoms with Crippen molar-refractivity contribution >= 4 is 5.91 Å². The summed E-state index contributed by atoms with van der Waals surface area (Å²) in [6.07, 6.45) is 2.99. The van der Waals surface area contributed by atoms with E-state index < -0.39 is 6.10 Å². The quantitative estimate of drug-likeness (QED) is 0.860. The molecule has 1 aromatic carbocycles. The minimum atomic E-state index is -0.420. The van der Waals surface area contributed by atoms with Gasteiger partial charge in [0.2, 0.25) is 5.91 Å². The number of piperidine rings is 1. The Morgan fingerprint density at radius 1 is 1.25 bits per heavy atom. The zero-order valence-electron chi connectivity index (χ0n) is 12.2. The minimum Gasteiger partial charge on any atom is -0.388 e. The summed E-state index contributed by atoms with van der Waals surface area (Å²) in [6.45, 7) is 5.34. The van der Waals surface area contributed by atoms with Crippen LogP contribution in [-0.2, 0) is 4.79 Å². The summed E-state index contributed by atoms with van der Waals surface area (Å²) in [6, 6.07) is 9.78. The van der Waals surface area contributed by atoms with Crippen LogP contribution in [0.2, 0.25) is 0 Å². The number of carbonyl (C=O) groups excluding carboxylic acids is 1. The maximum Gasteiger partial charge on any atom is 0.246 e. The SMILES string of the molecule is CC(C)=CC(=O)N1CCC(C(O)c2ccccc2)CC1. The lowest BCUT2D eigenvalue weighted by molar-refractivity contribution is -0.128. The number of aliphatic hydroxyl groups is 1. The largest absolute Gasteiger partial charge is 0.388 e. The summed E-state index contributed by atoms with van der Waals surface area (Å²) in [5, 5.41) is 10.4. The number of rotatable bonds is 3. The summed E-state index contributed by atoms with van der Waals surface area (Å²) in [7, 11) is 0. The lowest BCUT2D eigenvalue weighted by atomic mass is 9.87. The number of likely N-dealkylation sites (tertiary alicyclic amines) is 1. The van der Waals surface area contributed by atoms with E-state index in [0.29, 0.717) is 0 Å². The number of amides is 1. The first kappa shape index (κ1) is 14.8. The van der Waals surface area contributed by atoms with Gasteiger partial charge in [-0.15, -0.1) is 0 Å². The summed E-state index contributed by atoms with van der Waals surface area (Å²) >= 11 is 0. The van der Waals surface area contributed by atoms with Gasteiger partial charge in [-0.2, -0.15) is 0 Å². The first-order valence-electron chi connectivity index (χ1n) is 7.24. The van der Waals surface area contributed by atoms with Crippen LogP contribution >= 0.6 is 0 Å². The van der Waals surface area contributed by atoms with Crippen LogP contribution in [0, 0.1) is 5.92 Å². The molecule has 3 heteroatoms. The predicted molar refractivity (Wildman–Crippen MR) is 80.1 cm³/mol. The third-order valence-corrected chi connectivity index (χ3v) is 3.85. The second kappa shape index (κ2) is 6.71. The molecule has 1 aliphatic heterocycles. The molecule has 2 rings (SSSR count). The van der Waals surface area contributed by atoms with Crippen molar-refractivity contribution in [1.82, 2.24) is 4.90 Å². The highest BCUT2D eigenvalue weighted by atomic mass is 16.3. The van der Waals surface area contributed by atoms with Crippen molar-refractivity contribution in [3.05, 3.63) is 47.5 Å². The number of hydrogen-bond donors (Lipinski definition) is 1. The highest BCUT2D eigenvalue weighted by molar-refractivity contribution is 5.88. The molecule has 20 heavy (non-hydrogen) atoms. The lowest BCUT2D eigenvalue weighted by Gasteiger charge is -2.34. The molecule has 1 unspecified atom stereocenters. The van der Waals surface area contributed by atoms with E-state index in [1.54, 1.807) is 6.08 Å². The molecule has 1 amide bonds. The van der Waals surface area contributed by atoms with Gasteiger partial charge in [-0.1, -0.05) is 35.9 Å². The second-order valence-electron chi connectivity index (χ2n) is 5.74. The highest BCUT2D eigenvalue weighted by Crippen LogP contribution is 2.30. The third-order valence-electron chi connectivity index (χ3n) is 3.85. The molecule has 0 saturated carbocycles. The van der Waals surface area contributed by atoms with Crippen molar-refractivity contribution in [3.63, 3.8) is 0 Å². The Kier molecular flexibility index (Phi) is 4.96. The van der Waals surface area contributed by atoms with Gasteiger partial charge in [0.1, 0.15) is 0 Å². The van der Waals surface area contributed by atoms with Gasteiger partial charge < -0.3 is 10.0 Å². The Labute approximate surface area is 120 Å². The fourth-order valence-corrected chi connectivity index (χ4v) is 2.70. The highest BCUT2D eigenvalue weighted by Gasteiger charge is 2.27. The van der Waals surface area contributed by atoms with Crippen molar-refractivity contribution in [2.75, 3.05) is 13.1 Å². The van der Waals surface area contributed by atoms with Crippen LogP contribution in [0.4, 0.5) is 0 Å². The number of benzene rings is 1. The minimum absolute atomic E-state index is 0.0950. The van der Waals surface area contributed by atoms with Gasteiger partial charge in [-0.3, -0.25) is 4.79 Å². The summed E-state index contributed by atoms with van der Waals surface area (Å²) in [5.74, 6) is 0.339. The molecule has 3 nitrogen and oxygen atoms in total. The maximum atomic E-state index is 11.9. The molecule has 1 fully saturated rings. The number of nitrogens with zero attached hydrogens (tertiary/aromatic N) is 1. The fraction of sp³-hybridized carbons (Fsp3) is 0.471. The van der Waals surface area contributed by atoms with Gasteiger partial charge in [0, 0.05) is 19.2 Å². The molecule has 1 N–H and O–H groups in total. The monoisotopic (exact) mass is 273 g/mol. The lowest BCUT2D eigenvalue weighted by Crippen LogP contribution is -2.39. The molecule has 0 radical (unpaired) electrons. The molecule has 1 aliphatic rings. The van der Waals surface area contributed by atoms with E-state index in [1.807, 2.05) is 49.1 Å². The Morgan fingerprint density at radius 2 is 1.85 bits per heavy atom. The van der Waals surface area contributed by atoms with Gasteiger partial charge in [-0.05, 0) is 38.2 Å². The number of aliphatic hydroxyl groups excluding tert-OH is 1. The standard InChI is InChI=1S/C17H23NO2/c1-13(2)12-16(19)18-10-8-15(9-11-18)17(20)14-6-4-3-5-7-14/h3-7,12,15,17,20H,8-11H2,1-2H3. The van der Waals surface area contributed by atoms with Crippen LogP contribution in [0.25, 0.3) is 0 Å². The molecular formula is C17H23NO2. The van der Waals surface area contributed by atoms with E-state index in [-0.39, 0.29) is 11.8 Å². The molecule has 108 valence electrons. The van der Waals surface area contributed by atoms with Gasteiger partial charge in [0.15, 0.2) is 0 Å². The molecule has 0 bridgehead atoms. The summed E-state index contributed by atoms with van der Waals surface area (Å²) < 4.78 is 0. The Bertz CT molecular complexity index is 469. The summed E-state index contributed by atoms with van der Waals surface area (Å²) in [5.41, 5.74) is 2.00. The average molecular weight is 273 g/mol. The van der Waals surface area contributed by atoms with Crippen molar-refractivity contribution in [1.29, 1.82) is 0 Å². The normalized spacial score (nSPS) is 17.6. The Balaban J connectivity index is 1.91. The molecule has 1 heterocycles. The van der Waals surface area contributed by atoms with Crippen LogP contribution in [0.3, 0.4) is 0 Å². The molecule has 1 atom stereocenters. The van der Waals surface area contributed by atoms with Gasteiger partial charge >= 0.3 is 0 Å². The van der Waals surface area contributed by atoms with E-state index in [4.69, 9.17) is 0 Å². The topological polar surface area (TPSA) is 40.5 Å². The first-order chi connectivity index (χ1) is 9.58. The van der Waals surface area contributed by atoms with Crippen molar-refractivity contribution in [2.45, 2.75) is 32.8 Å². The van der Waals surface area contributed by atoms with E-state index >= 15 is 0 Å². The number of carbonyl (C=O) groups is 1. The van der Waals surface area contributed by atoms with E-state index in [2.05, 4.69) is 0 Å². The van der Waals surface area contributed by atoms with Crippen LogP contribution in [0.1, 0.15) is 38.4 Å². The van der Waals surface area contributed by atoms with E-state index in [9.17, 15) is 9.90 Å². The zero-order chi connectivity index (χ0) is 14.5. The van der Waals surface area contributed by atoms with Gasteiger partial charge in [-0.25, -0.2) is 0 Å². The van der Waals surface area contributed by atoms with E-state index in [0.717, 1.165) is 37.1 Å². The van der Waals surface area contributed by atoms with Crippen molar-refractivity contribution in [3.8, 4) is 0 Å². The summed E-state index contributed by atoms with van der Waals surface area (Å²) in [4.78, 5) is 13.8.